The summed E-state index contributed by atoms with van der Waals surface area (Å²) >= 11 is 0. The van der Waals surface area contributed by atoms with E-state index in [-0.39, 0.29) is 0 Å². The van der Waals surface area contributed by atoms with Gasteiger partial charge in [0.1, 0.15) is 36.2 Å². The fourth-order valence-electron chi connectivity index (χ4n) is 3.68. The third-order valence-electron chi connectivity index (χ3n) is 5.10. The molecule has 0 saturated carbocycles. The fourth-order valence-corrected chi connectivity index (χ4v) is 5.39. The Morgan fingerprint density at radius 2 is 0.972 bits per heavy atom. The zero-order chi connectivity index (χ0) is 26.3. The molecule has 36 heavy (non-hydrogen) atoms. The van der Waals surface area contributed by atoms with Crippen LogP contribution >= 0.6 is 0 Å². The molecule has 0 radical (unpaired) electrons. The van der Waals surface area contributed by atoms with Gasteiger partial charge < -0.3 is 27.8 Å². The van der Waals surface area contributed by atoms with E-state index < -0.39 is 16.6 Å². The van der Waals surface area contributed by atoms with Crippen molar-refractivity contribution < 1.29 is 27.8 Å². The summed E-state index contributed by atoms with van der Waals surface area (Å²) in [6, 6.07) is 12.1. The first-order chi connectivity index (χ1) is 16.9. The van der Waals surface area contributed by atoms with E-state index >= 15 is 0 Å². The molecule has 1 aliphatic rings. The van der Waals surface area contributed by atoms with E-state index in [1.165, 1.54) is 0 Å². The minimum atomic E-state index is -1.80. The maximum absolute atomic E-state index is 6.21. The minimum Gasteiger partial charge on any atom is -0.544 e. The molecule has 6 nitrogen and oxygen atoms in total. The highest BCUT2D eigenvalue weighted by Gasteiger charge is 2.21. The number of benzene rings is 2. The van der Waals surface area contributed by atoms with Crippen LogP contribution < -0.4 is 9.47 Å². The van der Waals surface area contributed by atoms with Gasteiger partial charge in [-0.15, -0.1) is 0 Å². The van der Waals surface area contributed by atoms with E-state index in [0.717, 1.165) is 33.8 Å². The van der Waals surface area contributed by atoms with E-state index in [0.29, 0.717) is 51.2 Å². The van der Waals surface area contributed by atoms with E-state index in [9.17, 15) is 0 Å². The van der Waals surface area contributed by atoms with Gasteiger partial charge in [0.2, 0.25) is 16.6 Å². The van der Waals surface area contributed by atoms with Crippen molar-refractivity contribution in [2.75, 3.05) is 39.6 Å². The van der Waals surface area contributed by atoms with Gasteiger partial charge in [-0.3, -0.25) is 0 Å². The van der Waals surface area contributed by atoms with Crippen LogP contribution in [0.5, 0.6) is 11.5 Å². The monoisotopic (exact) mass is 528 g/mol. The lowest BCUT2D eigenvalue weighted by Crippen LogP contribution is -2.24. The van der Waals surface area contributed by atoms with Crippen molar-refractivity contribution in [1.29, 1.82) is 0 Å². The lowest BCUT2D eigenvalue weighted by atomic mass is 9.99. The summed E-state index contributed by atoms with van der Waals surface area (Å²) in [7, 11) is -3.59. The molecule has 2 aromatic rings. The van der Waals surface area contributed by atoms with Crippen LogP contribution in [-0.2, 0) is 18.3 Å². The Morgan fingerprint density at radius 1 is 0.611 bits per heavy atom. The van der Waals surface area contributed by atoms with Crippen LogP contribution in [0.4, 0.5) is 0 Å². The summed E-state index contributed by atoms with van der Waals surface area (Å²) in [5.74, 6) is 2.75. The van der Waals surface area contributed by atoms with E-state index in [1.54, 1.807) is 0 Å². The molecular formula is C28H40O6Si2. The molecule has 0 amide bonds. The molecule has 0 N–H and O–H groups in total. The molecule has 196 valence electrons. The second-order valence-corrected chi connectivity index (χ2v) is 19.5. The SMILES string of the molecule is C=C(O[Si](C)(C)C)c1ccc2c(c1)OCCOCCOCCOc1cc(C(=C)O[Si](C)(C)C)ccc1-2. The lowest BCUT2D eigenvalue weighted by Gasteiger charge is -2.23. The summed E-state index contributed by atoms with van der Waals surface area (Å²) < 4.78 is 36.0. The number of ether oxygens (including phenoxy) is 4. The molecule has 1 aliphatic heterocycles. The Bertz CT molecular complexity index is 983. The first kappa shape index (κ1) is 28.1. The van der Waals surface area contributed by atoms with Crippen molar-refractivity contribution in [1.82, 2.24) is 0 Å². The molecule has 2 aromatic carbocycles. The molecule has 0 aliphatic carbocycles. The molecule has 0 bridgehead atoms. The number of hydrogen-bond acceptors (Lipinski definition) is 6. The number of hydrogen-bond donors (Lipinski definition) is 0. The molecule has 0 fully saturated rings. The second kappa shape index (κ2) is 12.1. The maximum atomic E-state index is 6.21. The van der Waals surface area contributed by atoms with E-state index in [4.69, 9.17) is 27.8 Å². The highest BCUT2D eigenvalue weighted by molar-refractivity contribution is 6.70. The fraction of sp³-hybridized carbons (Fsp3) is 0.429. The van der Waals surface area contributed by atoms with Gasteiger partial charge in [0, 0.05) is 22.3 Å². The van der Waals surface area contributed by atoms with Gasteiger partial charge in [0.25, 0.3) is 0 Å². The van der Waals surface area contributed by atoms with Gasteiger partial charge in [-0.2, -0.15) is 0 Å². The zero-order valence-electron chi connectivity index (χ0n) is 22.6. The molecule has 0 atom stereocenters. The topological polar surface area (TPSA) is 55.4 Å². The Balaban J connectivity index is 2.03. The highest BCUT2D eigenvalue weighted by Crippen LogP contribution is 2.40. The standard InChI is InChI=1S/C28H40O6Si2/c1-21(33-35(3,4)5)23-9-11-25-26-12-10-24(22(2)34-36(6,7)8)20-28(26)32-18-16-30-14-13-29-15-17-31-27(25)19-23/h9-12,19-20H,1-2,13-18H2,3-8H3. The summed E-state index contributed by atoms with van der Waals surface area (Å²) in [5, 5.41) is 0. The summed E-state index contributed by atoms with van der Waals surface area (Å²) in [6.45, 7) is 23.9. The van der Waals surface area contributed by atoms with Crippen LogP contribution in [0.2, 0.25) is 39.3 Å². The second-order valence-electron chi connectivity index (χ2n) is 10.6. The number of rotatable bonds is 6. The largest absolute Gasteiger partial charge is 0.544 e. The molecular weight excluding hydrogens is 488 g/mol. The average molecular weight is 529 g/mol. The minimum absolute atomic E-state index is 0.410. The quantitative estimate of drug-likeness (QED) is 0.303. The van der Waals surface area contributed by atoms with Crippen LogP contribution in [0.15, 0.2) is 49.6 Å². The Labute approximate surface area is 218 Å². The van der Waals surface area contributed by atoms with Gasteiger partial charge in [-0.05, 0) is 63.5 Å². The normalized spacial score (nSPS) is 15.3. The average Bonchev–Trinajstić information content (AvgIpc) is 2.77. The van der Waals surface area contributed by atoms with Crippen molar-refractivity contribution in [3.63, 3.8) is 0 Å². The maximum Gasteiger partial charge on any atom is 0.242 e. The van der Waals surface area contributed by atoms with Crippen LogP contribution in [0.25, 0.3) is 22.6 Å². The van der Waals surface area contributed by atoms with Gasteiger partial charge in [-0.1, -0.05) is 25.3 Å². The predicted octanol–water partition coefficient (Wildman–Crippen LogP) is 6.80. The molecule has 0 spiro atoms. The highest BCUT2D eigenvalue weighted by atomic mass is 28.4. The molecule has 3 rings (SSSR count). The van der Waals surface area contributed by atoms with Crippen molar-refractivity contribution in [3.8, 4) is 22.6 Å². The Kier molecular flexibility index (Phi) is 9.46. The summed E-state index contributed by atoms with van der Waals surface area (Å²) in [4.78, 5) is 0. The third kappa shape index (κ3) is 8.55. The summed E-state index contributed by atoms with van der Waals surface area (Å²) in [6.07, 6.45) is 0. The van der Waals surface area contributed by atoms with E-state index in [2.05, 4.69) is 52.4 Å². The molecule has 8 heteroatoms. The van der Waals surface area contributed by atoms with E-state index in [1.807, 2.05) is 36.4 Å². The number of fused-ring (bicyclic) bond motifs is 3. The third-order valence-corrected chi connectivity index (χ3v) is 6.82. The van der Waals surface area contributed by atoms with Crippen LogP contribution in [-0.4, -0.2) is 56.3 Å². The Morgan fingerprint density at radius 3 is 1.33 bits per heavy atom. The van der Waals surface area contributed by atoms with Gasteiger partial charge >= 0.3 is 0 Å². The van der Waals surface area contributed by atoms with Crippen molar-refractivity contribution in [2.45, 2.75) is 39.3 Å². The van der Waals surface area contributed by atoms with Gasteiger partial charge in [0.05, 0.1) is 26.4 Å². The summed E-state index contributed by atoms with van der Waals surface area (Å²) in [5.41, 5.74) is 3.61. The van der Waals surface area contributed by atoms with Crippen LogP contribution in [0, 0.1) is 0 Å². The van der Waals surface area contributed by atoms with Gasteiger partial charge in [-0.25, -0.2) is 0 Å². The van der Waals surface area contributed by atoms with Crippen LogP contribution in [0.3, 0.4) is 0 Å². The van der Waals surface area contributed by atoms with Crippen LogP contribution in [0.1, 0.15) is 11.1 Å². The molecule has 0 unspecified atom stereocenters. The molecule has 1 heterocycles. The Hall–Kier alpha value is -2.53. The lowest BCUT2D eigenvalue weighted by molar-refractivity contribution is 0.0271. The molecule has 0 saturated heterocycles. The van der Waals surface area contributed by atoms with Crippen molar-refractivity contribution >= 4 is 28.2 Å². The van der Waals surface area contributed by atoms with Crippen molar-refractivity contribution in [2.24, 2.45) is 0 Å². The van der Waals surface area contributed by atoms with Gasteiger partial charge in [0.15, 0.2) is 0 Å². The zero-order valence-corrected chi connectivity index (χ0v) is 24.6. The predicted molar refractivity (Wildman–Crippen MR) is 151 cm³/mol. The smallest absolute Gasteiger partial charge is 0.242 e. The van der Waals surface area contributed by atoms with Crippen molar-refractivity contribution in [3.05, 3.63) is 60.7 Å². The first-order valence-corrected chi connectivity index (χ1v) is 19.2. The molecule has 0 aromatic heterocycles. The first-order valence-electron chi connectivity index (χ1n) is 12.4.